The predicted molar refractivity (Wildman–Crippen MR) is 121 cm³/mol. The molecule has 4 rings (SSSR count). The van der Waals surface area contributed by atoms with Gasteiger partial charge in [0.1, 0.15) is 5.82 Å². The highest BCUT2D eigenvalue weighted by Gasteiger charge is 2.37. The molecule has 0 saturated carbocycles. The third kappa shape index (κ3) is 5.59. The zero-order chi connectivity index (χ0) is 21.6. The van der Waals surface area contributed by atoms with E-state index < -0.39 is 15.3 Å². The third-order valence-electron chi connectivity index (χ3n) is 5.83. The average molecular weight is 434 g/mol. The van der Waals surface area contributed by atoms with E-state index in [2.05, 4.69) is 10.2 Å². The summed E-state index contributed by atoms with van der Waals surface area (Å²) in [6.07, 6.45) is 1.49. The summed E-state index contributed by atoms with van der Waals surface area (Å²) >= 11 is 0. The molecule has 2 aliphatic rings. The first kappa shape index (κ1) is 22.7. The number of anilines is 1. The largest absolute Gasteiger partial charge is 0.369 e. The van der Waals surface area contributed by atoms with E-state index in [9.17, 15) is 12.8 Å². The predicted octanol–water partition coefficient (Wildman–Crippen LogP) is 3.62. The molecule has 0 aromatic heterocycles. The Labute approximate surface area is 179 Å². The molecular formula is C23H32FN3O2S. The van der Waals surface area contributed by atoms with Gasteiger partial charge in [-0.1, -0.05) is 42.5 Å². The average Bonchev–Trinajstić information content (AvgIpc) is 2.77. The standard InChI is InChI=1S/C17H26FN3O2S.C6H6/c1-13-3-4-14(2)24(22,23)21(13)12-15-5-6-16(11-17(15)18)20-9-7-19-8-10-20;1-2-4-6-5-3-1/h5-6,11,13-14,19H,3-4,7-10,12H2,1-2H3;1-6H/t13-,14?;/m0./s1. The molecule has 2 atom stereocenters. The van der Waals surface area contributed by atoms with Crippen molar-refractivity contribution in [3.63, 3.8) is 0 Å². The Morgan fingerprint density at radius 3 is 2.17 bits per heavy atom. The van der Waals surface area contributed by atoms with Crippen LogP contribution < -0.4 is 10.2 Å². The first-order chi connectivity index (χ1) is 14.4. The second-order valence-electron chi connectivity index (χ2n) is 7.99. The molecule has 0 aliphatic carbocycles. The highest BCUT2D eigenvalue weighted by Crippen LogP contribution is 2.29. The lowest BCUT2D eigenvalue weighted by Crippen LogP contribution is -2.47. The number of hydrogen-bond donors (Lipinski definition) is 1. The molecule has 0 radical (unpaired) electrons. The van der Waals surface area contributed by atoms with Crippen LogP contribution in [-0.2, 0) is 16.6 Å². The Morgan fingerprint density at radius 1 is 1.00 bits per heavy atom. The first-order valence-electron chi connectivity index (χ1n) is 10.6. The maximum absolute atomic E-state index is 14.6. The quantitative estimate of drug-likeness (QED) is 0.803. The fourth-order valence-corrected chi connectivity index (χ4v) is 5.66. The summed E-state index contributed by atoms with van der Waals surface area (Å²) in [6.45, 7) is 7.24. The van der Waals surface area contributed by atoms with E-state index in [-0.39, 0.29) is 18.4 Å². The second kappa shape index (κ2) is 10.4. The van der Waals surface area contributed by atoms with Crippen molar-refractivity contribution < 1.29 is 12.8 Å². The topological polar surface area (TPSA) is 52.6 Å². The fraction of sp³-hybridized carbons (Fsp3) is 0.478. The summed E-state index contributed by atoms with van der Waals surface area (Å²) in [6, 6.07) is 17.1. The van der Waals surface area contributed by atoms with Crippen molar-refractivity contribution in [2.75, 3.05) is 31.1 Å². The van der Waals surface area contributed by atoms with E-state index >= 15 is 0 Å². The molecule has 2 saturated heterocycles. The second-order valence-corrected chi connectivity index (χ2v) is 10.3. The zero-order valence-corrected chi connectivity index (χ0v) is 18.6. The summed E-state index contributed by atoms with van der Waals surface area (Å²) in [5.41, 5.74) is 1.30. The molecule has 1 unspecified atom stereocenters. The van der Waals surface area contributed by atoms with E-state index in [1.807, 2.05) is 49.4 Å². The highest BCUT2D eigenvalue weighted by atomic mass is 32.2. The van der Waals surface area contributed by atoms with Crippen LogP contribution in [0.1, 0.15) is 32.3 Å². The first-order valence-corrected chi connectivity index (χ1v) is 12.1. The van der Waals surface area contributed by atoms with Crippen LogP contribution >= 0.6 is 0 Å². The number of piperazine rings is 1. The lowest BCUT2D eigenvalue weighted by molar-refractivity contribution is 0.281. The number of halogens is 1. The van der Waals surface area contributed by atoms with Gasteiger partial charge in [-0.2, -0.15) is 4.31 Å². The number of hydrogen-bond acceptors (Lipinski definition) is 4. The molecule has 1 N–H and O–H groups in total. The van der Waals surface area contributed by atoms with Gasteiger partial charge in [0.15, 0.2) is 0 Å². The van der Waals surface area contributed by atoms with E-state index in [1.54, 1.807) is 13.0 Å². The third-order valence-corrected chi connectivity index (χ3v) is 8.22. The van der Waals surface area contributed by atoms with Crippen LogP contribution in [0.3, 0.4) is 0 Å². The fourth-order valence-electron chi connectivity index (χ4n) is 3.83. The summed E-state index contributed by atoms with van der Waals surface area (Å²) in [4.78, 5) is 2.14. The summed E-state index contributed by atoms with van der Waals surface area (Å²) in [7, 11) is -3.35. The van der Waals surface area contributed by atoms with Crippen LogP contribution in [0.15, 0.2) is 54.6 Å². The van der Waals surface area contributed by atoms with Crippen LogP contribution in [0.4, 0.5) is 10.1 Å². The molecule has 7 heteroatoms. The molecule has 2 aromatic rings. The van der Waals surface area contributed by atoms with Crippen LogP contribution in [0.25, 0.3) is 0 Å². The van der Waals surface area contributed by atoms with Gasteiger partial charge in [0.25, 0.3) is 0 Å². The summed E-state index contributed by atoms with van der Waals surface area (Å²) in [5.74, 6) is -0.327. The van der Waals surface area contributed by atoms with Crippen LogP contribution in [0.5, 0.6) is 0 Å². The van der Waals surface area contributed by atoms with Gasteiger partial charge in [0.2, 0.25) is 10.0 Å². The van der Waals surface area contributed by atoms with E-state index in [0.29, 0.717) is 12.0 Å². The molecule has 0 bridgehead atoms. The Kier molecular flexibility index (Phi) is 7.86. The van der Waals surface area contributed by atoms with Crippen molar-refractivity contribution >= 4 is 15.7 Å². The van der Waals surface area contributed by atoms with E-state index in [1.165, 1.54) is 10.4 Å². The van der Waals surface area contributed by atoms with Crippen molar-refractivity contribution in [2.24, 2.45) is 0 Å². The smallest absolute Gasteiger partial charge is 0.217 e. The molecular weight excluding hydrogens is 401 g/mol. The van der Waals surface area contributed by atoms with Gasteiger partial charge in [-0.3, -0.25) is 0 Å². The number of nitrogens with zero attached hydrogens (tertiary/aromatic N) is 2. The van der Waals surface area contributed by atoms with Gasteiger partial charge in [0, 0.05) is 50.0 Å². The minimum Gasteiger partial charge on any atom is -0.369 e. The minimum atomic E-state index is -3.35. The minimum absolute atomic E-state index is 0.0848. The lowest BCUT2D eigenvalue weighted by atomic mass is 10.1. The molecule has 2 aromatic carbocycles. The number of rotatable bonds is 3. The van der Waals surface area contributed by atoms with Gasteiger partial charge >= 0.3 is 0 Å². The van der Waals surface area contributed by atoms with Crippen molar-refractivity contribution in [1.82, 2.24) is 9.62 Å². The van der Waals surface area contributed by atoms with Crippen molar-refractivity contribution in [2.45, 2.75) is 44.5 Å². The van der Waals surface area contributed by atoms with Gasteiger partial charge in [-0.15, -0.1) is 0 Å². The zero-order valence-electron chi connectivity index (χ0n) is 17.8. The normalized spacial score (nSPS) is 24.0. The van der Waals surface area contributed by atoms with Crippen LogP contribution in [0, 0.1) is 5.82 Å². The molecule has 0 spiro atoms. The van der Waals surface area contributed by atoms with Crippen LogP contribution in [-0.4, -0.2) is 50.2 Å². The highest BCUT2D eigenvalue weighted by molar-refractivity contribution is 7.89. The SMILES string of the molecule is CC1CC[C@H](C)N(Cc2ccc(N3CCNCC3)cc2F)S1(=O)=O.c1ccccc1. The number of nitrogens with one attached hydrogen (secondary N) is 1. The van der Waals surface area contributed by atoms with Crippen LogP contribution in [0.2, 0.25) is 0 Å². The van der Waals surface area contributed by atoms with Gasteiger partial charge in [0.05, 0.1) is 5.25 Å². The molecule has 2 aliphatic heterocycles. The Bertz CT molecular complexity index is 875. The molecule has 2 heterocycles. The van der Waals surface area contributed by atoms with Crippen molar-refractivity contribution in [1.29, 1.82) is 0 Å². The van der Waals surface area contributed by atoms with Crippen molar-refractivity contribution in [3.05, 3.63) is 66.0 Å². The van der Waals surface area contributed by atoms with Gasteiger partial charge in [-0.05, 0) is 38.8 Å². The van der Waals surface area contributed by atoms with E-state index in [0.717, 1.165) is 38.3 Å². The summed E-state index contributed by atoms with van der Waals surface area (Å²) in [5, 5.41) is 2.88. The Balaban J connectivity index is 0.000000367. The lowest BCUT2D eigenvalue weighted by Gasteiger charge is -2.36. The van der Waals surface area contributed by atoms with Crippen molar-refractivity contribution in [3.8, 4) is 0 Å². The molecule has 164 valence electrons. The molecule has 30 heavy (non-hydrogen) atoms. The Hall–Kier alpha value is -1.96. The number of benzene rings is 2. The van der Waals surface area contributed by atoms with E-state index in [4.69, 9.17) is 0 Å². The molecule has 0 amide bonds. The maximum atomic E-state index is 14.6. The number of sulfonamides is 1. The van der Waals surface area contributed by atoms with Gasteiger partial charge < -0.3 is 10.2 Å². The maximum Gasteiger partial charge on any atom is 0.217 e. The molecule has 2 fully saturated rings. The Morgan fingerprint density at radius 2 is 1.60 bits per heavy atom. The molecule has 5 nitrogen and oxygen atoms in total. The monoisotopic (exact) mass is 433 g/mol. The summed E-state index contributed by atoms with van der Waals surface area (Å²) < 4.78 is 41.1. The van der Waals surface area contributed by atoms with Gasteiger partial charge in [-0.25, -0.2) is 12.8 Å².